The van der Waals surface area contributed by atoms with Crippen molar-refractivity contribution in [1.29, 1.82) is 0 Å². The predicted molar refractivity (Wildman–Crippen MR) is 168 cm³/mol. The van der Waals surface area contributed by atoms with E-state index >= 15 is 0 Å². The fourth-order valence-corrected chi connectivity index (χ4v) is 9.57. The zero-order chi connectivity index (χ0) is 27.5. The van der Waals surface area contributed by atoms with Crippen LogP contribution < -0.4 is 5.44 Å². The van der Waals surface area contributed by atoms with Crippen LogP contribution in [0.25, 0.3) is 16.8 Å². The van der Waals surface area contributed by atoms with Crippen LogP contribution in [-0.2, 0) is 0 Å². The van der Waals surface area contributed by atoms with Gasteiger partial charge in [-0.1, -0.05) is 146 Å². The minimum atomic E-state index is -0.590. The third kappa shape index (κ3) is 5.92. The monoisotopic (exact) mass is 520 g/mol. The Labute approximate surface area is 230 Å². The maximum Gasteiger partial charge on any atom is 0.0769 e. The first-order valence-corrected chi connectivity index (χ1v) is 14.8. The largest absolute Gasteiger partial charge is 0.232 e. The minimum absolute atomic E-state index is 0.0997. The lowest BCUT2D eigenvalue weighted by Gasteiger charge is -2.41. The average Bonchev–Trinajstić information content (AvgIpc) is 3.34. The van der Waals surface area contributed by atoms with Crippen LogP contribution in [0.5, 0.6) is 0 Å². The SMILES string of the molecule is C=C(/C(=C(/c1ccccc1)C(C)c1ccccc1)n1nccc1P(C(C)(C)C)C(C)(C)C)c1ccccc1. The normalized spacial score (nSPS) is 13.8. The number of benzene rings is 3. The summed E-state index contributed by atoms with van der Waals surface area (Å²) in [6.07, 6.45) is 1.97. The van der Waals surface area contributed by atoms with Gasteiger partial charge in [0, 0.05) is 11.5 Å². The van der Waals surface area contributed by atoms with Gasteiger partial charge in [0.05, 0.1) is 17.3 Å². The highest BCUT2D eigenvalue weighted by Crippen LogP contribution is 2.58. The molecule has 3 heteroatoms. The molecule has 1 atom stereocenters. The number of hydrogen-bond donors (Lipinski definition) is 0. The second-order valence-electron chi connectivity index (χ2n) is 11.9. The summed E-state index contributed by atoms with van der Waals surface area (Å²) in [4.78, 5) is 0. The van der Waals surface area contributed by atoms with Crippen LogP contribution in [0.4, 0.5) is 0 Å². The zero-order valence-electron chi connectivity index (χ0n) is 23.9. The molecule has 38 heavy (non-hydrogen) atoms. The Bertz CT molecular complexity index is 1370. The van der Waals surface area contributed by atoms with Crippen molar-refractivity contribution in [3.63, 3.8) is 0 Å². The van der Waals surface area contributed by atoms with Crippen LogP contribution in [0.15, 0.2) is 110 Å². The first kappa shape index (κ1) is 27.8. The molecule has 1 aromatic heterocycles. The lowest BCUT2D eigenvalue weighted by atomic mass is 9.84. The second kappa shape index (κ2) is 11.3. The summed E-state index contributed by atoms with van der Waals surface area (Å²) in [6, 6.07) is 34.3. The second-order valence-corrected chi connectivity index (χ2v) is 15.7. The molecule has 0 saturated heterocycles. The van der Waals surface area contributed by atoms with Gasteiger partial charge in [-0.15, -0.1) is 0 Å². The average molecular weight is 521 g/mol. The van der Waals surface area contributed by atoms with E-state index in [9.17, 15) is 0 Å². The van der Waals surface area contributed by atoms with E-state index in [1.54, 1.807) is 0 Å². The lowest BCUT2D eigenvalue weighted by molar-refractivity contribution is 0.711. The van der Waals surface area contributed by atoms with Gasteiger partial charge in [0.25, 0.3) is 0 Å². The number of allylic oxidation sites excluding steroid dienone is 3. The quantitative estimate of drug-likeness (QED) is 0.175. The van der Waals surface area contributed by atoms with Crippen molar-refractivity contribution < 1.29 is 0 Å². The molecular weight excluding hydrogens is 479 g/mol. The van der Waals surface area contributed by atoms with Crippen molar-refractivity contribution in [1.82, 2.24) is 9.78 Å². The maximum atomic E-state index is 5.05. The van der Waals surface area contributed by atoms with E-state index in [0.717, 1.165) is 16.8 Å². The van der Waals surface area contributed by atoms with Gasteiger partial charge in [-0.05, 0) is 46.6 Å². The van der Waals surface area contributed by atoms with Crippen molar-refractivity contribution in [2.75, 3.05) is 0 Å². The van der Waals surface area contributed by atoms with Crippen LogP contribution in [0.1, 0.15) is 71.1 Å². The van der Waals surface area contributed by atoms with E-state index in [1.807, 2.05) is 6.20 Å². The summed E-state index contributed by atoms with van der Waals surface area (Å²) >= 11 is 0. The van der Waals surface area contributed by atoms with Crippen LogP contribution in [0.3, 0.4) is 0 Å². The van der Waals surface area contributed by atoms with Crippen LogP contribution in [-0.4, -0.2) is 20.1 Å². The Morgan fingerprint density at radius 3 is 1.68 bits per heavy atom. The molecule has 0 spiro atoms. The first-order valence-electron chi connectivity index (χ1n) is 13.4. The number of rotatable bonds is 7. The third-order valence-electron chi connectivity index (χ3n) is 6.89. The molecular formula is C35H41N2P. The predicted octanol–water partition coefficient (Wildman–Crippen LogP) is 9.47. The summed E-state index contributed by atoms with van der Waals surface area (Å²) in [5.41, 5.74) is 8.12. The molecule has 0 bridgehead atoms. The fourth-order valence-electron chi connectivity index (χ4n) is 5.63. The molecule has 1 heterocycles. The molecule has 4 aromatic rings. The molecule has 4 rings (SSSR count). The van der Waals surface area contributed by atoms with Gasteiger partial charge in [0.2, 0.25) is 0 Å². The van der Waals surface area contributed by atoms with Crippen molar-refractivity contribution in [3.05, 3.63) is 127 Å². The van der Waals surface area contributed by atoms with Gasteiger partial charge < -0.3 is 0 Å². The maximum absolute atomic E-state index is 5.05. The lowest BCUT2D eigenvalue weighted by Crippen LogP contribution is -2.34. The molecule has 0 aliphatic rings. The Hall–Kier alpha value is -3.22. The standard InChI is InChI=1S/C35H41N2P/c1-26(28-18-12-9-13-19-28)32(30-22-16-11-17-23-30)33(27(2)29-20-14-10-15-21-29)37-31(24-25-36-37)38(34(3,4)5)35(6,7)8/h9-26H,2H2,1,3-8H3/b33-32-. The molecule has 0 aliphatic heterocycles. The molecule has 2 nitrogen and oxygen atoms in total. The third-order valence-corrected chi connectivity index (χ3v) is 10.4. The van der Waals surface area contributed by atoms with E-state index < -0.39 is 7.92 Å². The van der Waals surface area contributed by atoms with Gasteiger partial charge in [-0.2, -0.15) is 5.10 Å². The van der Waals surface area contributed by atoms with Gasteiger partial charge in [0.15, 0.2) is 0 Å². The highest BCUT2D eigenvalue weighted by atomic mass is 31.1. The van der Waals surface area contributed by atoms with Crippen molar-refractivity contribution >= 4 is 30.2 Å². The molecule has 0 N–H and O–H groups in total. The summed E-state index contributed by atoms with van der Waals surface area (Å²) in [6.45, 7) is 21.2. The molecule has 0 fully saturated rings. The Morgan fingerprint density at radius 1 is 0.711 bits per heavy atom. The van der Waals surface area contributed by atoms with Crippen LogP contribution in [0.2, 0.25) is 0 Å². The summed E-state index contributed by atoms with van der Waals surface area (Å²) in [7, 11) is -0.590. The Kier molecular flexibility index (Phi) is 8.24. The van der Waals surface area contributed by atoms with Gasteiger partial charge in [-0.25, -0.2) is 4.68 Å². The number of aromatic nitrogens is 2. The topological polar surface area (TPSA) is 17.8 Å². The van der Waals surface area contributed by atoms with E-state index in [4.69, 9.17) is 11.7 Å². The molecule has 1 unspecified atom stereocenters. The summed E-state index contributed by atoms with van der Waals surface area (Å²) < 4.78 is 2.22. The highest BCUT2D eigenvalue weighted by molar-refractivity contribution is 7.68. The smallest absolute Gasteiger partial charge is 0.0769 e. The molecule has 0 radical (unpaired) electrons. The van der Waals surface area contributed by atoms with Gasteiger partial charge >= 0.3 is 0 Å². The van der Waals surface area contributed by atoms with Crippen LogP contribution in [0, 0.1) is 0 Å². The summed E-state index contributed by atoms with van der Waals surface area (Å²) in [5.74, 6) is 0.126. The van der Waals surface area contributed by atoms with Crippen LogP contribution >= 0.6 is 7.92 Å². The molecule has 0 saturated carbocycles. The molecule has 3 aromatic carbocycles. The molecule has 0 aliphatic carbocycles. The molecule has 0 amide bonds. The number of nitrogens with zero attached hydrogens (tertiary/aromatic N) is 2. The van der Waals surface area contributed by atoms with E-state index in [0.29, 0.717) is 0 Å². The molecule has 196 valence electrons. The van der Waals surface area contributed by atoms with E-state index in [1.165, 1.54) is 22.1 Å². The summed E-state index contributed by atoms with van der Waals surface area (Å²) in [5, 5.41) is 5.25. The minimum Gasteiger partial charge on any atom is -0.232 e. The van der Waals surface area contributed by atoms with Gasteiger partial charge in [-0.3, -0.25) is 0 Å². The van der Waals surface area contributed by atoms with Crippen molar-refractivity contribution in [3.8, 4) is 0 Å². The van der Waals surface area contributed by atoms with E-state index in [-0.39, 0.29) is 16.2 Å². The van der Waals surface area contributed by atoms with E-state index in [2.05, 4.69) is 150 Å². The fraction of sp³-hybridized carbons (Fsp3) is 0.286. The number of hydrogen-bond acceptors (Lipinski definition) is 1. The van der Waals surface area contributed by atoms with Gasteiger partial charge in [0.1, 0.15) is 0 Å². The Balaban J connectivity index is 2.10. The van der Waals surface area contributed by atoms with Crippen molar-refractivity contribution in [2.45, 2.75) is 64.7 Å². The van der Waals surface area contributed by atoms with Crippen molar-refractivity contribution in [2.24, 2.45) is 0 Å². The zero-order valence-corrected chi connectivity index (χ0v) is 24.8. The highest BCUT2D eigenvalue weighted by Gasteiger charge is 2.39. The first-order chi connectivity index (χ1) is 18.0. The Morgan fingerprint density at radius 2 is 1.18 bits per heavy atom.